The Morgan fingerprint density at radius 1 is 1.41 bits per heavy atom. The Hall–Kier alpha value is -1.10. The highest BCUT2D eigenvalue weighted by atomic mass is 79.9. The fourth-order valence-corrected chi connectivity index (χ4v) is 1.94. The van der Waals surface area contributed by atoms with Gasteiger partial charge < -0.3 is 5.32 Å². The van der Waals surface area contributed by atoms with Gasteiger partial charge in [0.2, 0.25) is 0 Å². The van der Waals surface area contributed by atoms with Crippen molar-refractivity contribution in [2.75, 3.05) is 5.32 Å². The zero-order valence-electron chi connectivity index (χ0n) is 10.3. The van der Waals surface area contributed by atoms with E-state index in [1.807, 2.05) is 0 Å². The summed E-state index contributed by atoms with van der Waals surface area (Å²) in [5.74, 6) is 0. The van der Waals surface area contributed by atoms with Crippen LogP contribution in [0.25, 0.3) is 0 Å². The van der Waals surface area contributed by atoms with Gasteiger partial charge in [-0.15, -0.1) is 0 Å². The summed E-state index contributed by atoms with van der Waals surface area (Å²) < 4.78 is 0.722. The minimum absolute atomic E-state index is 0.0126. The Balaban J connectivity index is 2.97. The van der Waals surface area contributed by atoms with E-state index in [-0.39, 0.29) is 11.2 Å². The van der Waals surface area contributed by atoms with E-state index in [4.69, 9.17) is 0 Å². The molecule has 0 amide bonds. The SMILES string of the molecule is CCC(C)(CC)Nc1ccc([N+](=O)[O-])cc1Br. The molecule has 1 N–H and O–H groups in total. The van der Waals surface area contributed by atoms with Crippen molar-refractivity contribution in [3.8, 4) is 0 Å². The smallest absolute Gasteiger partial charge is 0.270 e. The standard InChI is InChI=1S/C12H17BrN2O2/c1-4-12(3,5-2)14-11-7-6-9(15(16)17)8-10(11)13/h6-8,14H,4-5H2,1-3H3. The second kappa shape index (κ2) is 5.49. The number of nitro benzene ring substituents is 1. The molecule has 0 spiro atoms. The van der Waals surface area contributed by atoms with Crippen molar-refractivity contribution >= 4 is 27.3 Å². The molecule has 0 saturated heterocycles. The van der Waals surface area contributed by atoms with Gasteiger partial charge in [0.05, 0.1) is 4.92 Å². The predicted molar refractivity (Wildman–Crippen MR) is 73.4 cm³/mol. The van der Waals surface area contributed by atoms with Gasteiger partial charge in [0, 0.05) is 27.8 Å². The molecule has 1 aromatic carbocycles. The Morgan fingerprint density at radius 2 is 2.00 bits per heavy atom. The minimum atomic E-state index is -0.395. The number of non-ortho nitro benzene ring substituents is 1. The van der Waals surface area contributed by atoms with Gasteiger partial charge in [-0.2, -0.15) is 0 Å². The van der Waals surface area contributed by atoms with E-state index in [0.29, 0.717) is 0 Å². The first-order valence-electron chi connectivity index (χ1n) is 5.64. The van der Waals surface area contributed by atoms with Crippen molar-refractivity contribution in [3.05, 3.63) is 32.8 Å². The van der Waals surface area contributed by atoms with Crippen molar-refractivity contribution in [2.24, 2.45) is 0 Å². The molecule has 0 aliphatic carbocycles. The van der Waals surface area contributed by atoms with Crippen LogP contribution in [-0.2, 0) is 0 Å². The molecule has 0 aromatic heterocycles. The van der Waals surface area contributed by atoms with E-state index in [1.165, 1.54) is 12.1 Å². The second-order valence-electron chi connectivity index (χ2n) is 4.31. The van der Waals surface area contributed by atoms with Crippen molar-refractivity contribution in [1.29, 1.82) is 0 Å². The van der Waals surface area contributed by atoms with Crippen molar-refractivity contribution in [2.45, 2.75) is 39.2 Å². The molecular formula is C12H17BrN2O2. The number of nitro groups is 1. The van der Waals surface area contributed by atoms with Crippen LogP contribution in [0.3, 0.4) is 0 Å². The fourth-order valence-electron chi connectivity index (χ4n) is 1.47. The van der Waals surface area contributed by atoms with Crippen LogP contribution < -0.4 is 5.32 Å². The molecule has 94 valence electrons. The first kappa shape index (κ1) is 14.0. The van der Waals surface area contributed by atoms with Gasteiger partial charge in [-0.25, -0.2) is 0 Å². The highest BCUT2D eigenvalue weighted by Gasteiger charge is 2.20. The summed E-state index contributed by atoms with van der Waals surface area (Å²) in [6.45, 7) is 6.38. The highest BCUT2D eigenvalue weighted by Crippen LogP contribution is 2.31. The van der Waals surface area contributed by atoms with Gasteiger partial charge in [-0.3, -0.25) is 10.1 Å². The van der Waals surface area contributed by atoms with E-state index in [2.05, 4.69) is 42.0 Å². The van der Waals surface area contributed by atoms with Crippen LogP contribution in [0.1, 0.15) is 33.6 Å². The zero-order chi connectivity index (χ0) is 13.1. The maximum atomic E-state index is 10.6. The molecule has 0 saturated carbocycles. The Bertz CT molecular complexity index is 417. The minimum Gasteiger partial charge on any atom is -0.379 e. The van der Waals surface area contributed by atoms with Crippen LogP contribution in [0, 0.1) is 10.1 Å². The average molecular weight is 301 g/mol. The molecular weight excluding hydrogens is 284 g/mol. The lowest BCUT2D eigenvalue weighted by molar-refractivity contribution is -0.384. The van der Waals surface area contributed by atoms with Gasteiger partial charge in [0.1, 0.15) is 0 Å². The molecule has 17 heavy (non-hydrogen) atoms. The maximum Gasteiger partial charge on any atom is 0.270 e. The summed E-state index contributed by atoms with van der Waals surface area (Å²) in [6, 6.07) is 4.78. The monoisotopic (exact) mass is 300 g/mol. The fraction of sp³-hybridized carbons (Fsp3) is 0.500. The van der Waals surface area contributed by atoms with Gasteiger partial charge in [0.15, 0.2) is 0 Å². The van der Waals surface area contributed by atoms with E-state index < -0.39 is 4.92 Å². The van der Waals surface area contributed by atoms with Crippen LogP contribution in [0.4, 0.5) is 11.4 Å². The number of nitrogens with one attached hydrogen (secondary N) is 1. The van der Waals surface area contributed by atoms with Gasteiger partial charge in [-0.05, 0) is 41.8 Å². The van der Waals surface area contributed by atoms with Gasteiger partial charge in [-0.1, -0.05) is 13.8 Å². The van der Waals surface area contributed by atoms with Crippen LogP contribution in [0.5, 0.6) is 0 Å². The number of benzene rings is 1. The van der Waals surface area contributed by atoms with E-state index in [9.17, 15) is 10.1 Å². The largest absolute Gasteiger partial charge is 0.379 e. The molecule has 5 heteroatoms. The topological polar surface area (TPSA) is 55.2 Å². The van der Waals surface area contributed by atoms with Crippen molar-refractivity contribution in [3.63, 3.8) is 0 Å². The lowest BCUT2D eigenvalue weighted by Crippen LogP contribution is -2.33. The Morgan fingerprint density at radius 3 is 2.41 bits per heavy atom. The lowest BCUT2D eigenvalue weighted by Gasteiger charge is -2.30. The average Bonchev–Trinajstić information content (AvgIpc) is 2.31. The van der Waals surface area contributed by atoms with Gasteiger partial charge >= 0.3 is 0 Å². The first-order chi connectivity index (χ1) is 7.91. The molecule has 0 heterocycles. The lowest BCUT2D eigenvalue weighted by atomic mass is 9.95. The number of halogens is 1. The normalized spacial score (nSPS) is 11.3. The maximum absolute atomic E-state index is 10.6. The molecule has 4 nitrogen and oxygen atoms in total. The number of anilines is 1. The third kappa shape index (κ3) is 3.43. The highest BCUT2D eigenvalue weighted by molar-refractivity contribution is 9.10. The van der Waals surface area contributed by atoms with E-state index in [1.54, 1.807) is 6.07 Å². The number of rotatable bonds is 5. The Kier molecular flexibility index (Phi) is 4.51. The van der Waals surface area contributed by atoms with Crippen LogP contribution in [-0.4, -0.2) is 10.5 Å². The van der Waals surface area contributed by atoms with Crippen LogP contribution >= 0.6 is 15.9 Å². The van der Waals surface area contributed by atoms with Crippen LogP contribution in [0.15, 0.2) is 22.7 Å². The molecule has 1 aromatic rings. The number of hydrogen-bond donors (Lipinski definition) is 1. The summed E-state index contributed by atoms with van der Waals surface area (Å²) >= 11 is 3.36. The molecule has 0 unspecified atom stereocenters. The molecule has 0 fully saturated rings. The summed E-state index contributed by atoms with van der Waals surface area (Å²) in [5.41, 5.74) is 0.998. The third-order valence-electron chi connectivity index (χ3n) is 3.16. The second-order valence-corrected chi connectivity index (χ2v) is 5.17. The molecule has 0 aliphatic heterocycles. The summed E-state index contributed by atoms with van der Waals surface area (Å²) in [7, 11) is 0. The van der Waals surface area contributed by atoms with Crippen LogP contribution in [0.2, 0.25) is 0 Å². The van der Waals surface area contributed by atoms with E-state index in [0.717, 1.165) is 23.0 Å². The molecule has 0 atom stereocenters. The van der Waals surface area contributed by atoms with E-state index >= 15 is 0 Å². The number of nitrogens with zero attached hydrogens (tertiary/aromatic N) is 1. The molecule has 0 bridgehead atoms. The third-order valence-corrected chi connectivity index (χ3v) is 3.82. The molecule has 0 aliphatic rings. The Labute approximate surface area is 110 Å². The first-order valence-corrected chi connectivity index (χ1v) is 6.43. The molecule has 0 radical (unpaired) electrons. The summed E-state index contributed by atoms with van der Waals surface area (Å²) in [6.07, 6.45) is 1.99. The molecule has 1 rings (SSSR count). The number of hydrogen-bond acceptors (Lipinski definition) is 3. The summed E-state index contributed by atoms with van der Waals surface area (Å²) in [4.78, 5) is 10.2. The quantitative estimate of drug-likeness (QED) is 0.650. The predicted octanol–water partition coefficient (Wildman–Crippen LogP) is 4.35. The van der Waals surface area contributed by atoms with Gasteiger partial charge in [0.25, 0.3) is 5.69 Å². The zero-order valence-corrected chi connectivity index (χ0v) is 11.9. The van der Waals surface area contributed by atoms with Crippen molar-refractivity contribution < 1.29 is 4.92 Å². The van der Waals surface area contributed by atoms with Crippen molar-refractivity contribution in [1.82, 2.24) is 0 Å². The summed E-state index contributed by atoms with van der Waals surface area (Å²) in [5, 5.41) is 14.0.